The first-order valence-corrected chi connectivity index (χ1v) is 11.0. The number of nitrogens with zero attached hydrogens (tertiary/aromatic N) is 3. The topological polar surface area (TPSA) is 36.4 Å². The van der Waals surface area contributed by atoms with Crippen LogP contribution in [0.15, 0.2) is 35.7 Å². The molecule has 3 aromatic rings. The van der Waals surface area contributed by atoms with Crippen molar-refractivity contribution in [3.05, 3.63) is 62.5 Å². The summed E-state index contributed by atoms with van der Waals surface area (Å²) in [7, 11) is 0. The largest absolute Gasteiger partial charge is 0.335 e. The number of thiophene rings is 1. The Hall–Kier alpha value is -2.09. The number of thiazole rings is 1. The van der Waals surface area contributed by atoms with Crippen molar-refractivity contribution in [2.75, 3.05) is 26.2 Å². The summed E-state index contributed by atoms with van der Waals surface area (Å²) >= 11 is 3.16. The Kier molecular flexibility index (Phi) is 5.57. The number of aryl methyl sites for hydroxylation is 2. The van der Waals surface area contributed by atoms with Gasteiger partial charge in [0.25, 0.3) is 5.91 Å². The molecule has 0 unspecified atom stereocenters. The van der Waals surface area contributed by atoms with Crippen LogP contribution in [0.5, 0.6) is 0 Å². The van der Waals surface area contributed by atoms with Crippen LogP contribution in [0.1, 0.15) is 25.8 Å². The summed E-state index contributed by atoms with van der Waals surface area (Å²) in [5, 5.41) is 2.97. The van der Waals surface area contributed by atoms with Gasteiger partial charge in [-0.1, -0.05) is 0 Å². The van der Waals surface area contributed by atoms with E-state index in [-0.39, 0.29) is 11.7 Å². The first-order valence-electron chi connectivity index (χ1n) is 9.28. The van der Waals surface area contributed by atoms with E-state index in [1.54, 1.807) is 34.8 Å². The lowest BCUT2D eigenvalue weighted by Gasteiger charge is -2.34. The number of hydrogen-bond acceptors (Lipinski definition) is 5. The number of rotatable bonds is 4. The van der Waals surface area contributed by atoms with E-state index in [9.17, 15) is 9.18 Å². The molecule has 1 aliphatic rings. The molecule has 1 aliphatic heterocycles. The minimum absolute atomic E-state index is 0.146. The molecule has 1 aromatic carbocycles. The van der Waals surface area contributed by atoms with Gasteiger partial charge in [0.15, 0.2) is 0 Å². The number of piperazine rings is 1. The molecule has 146 valence electrons. The third-order valence-corrected chi connectivity index (χ3v) is 7.15. The summed E-state index contributed by atoms with van der Waals surface area (Å²) < 4.78 is 13.1. The molecule has 1 fully saturated rings. The molecular weight excluding hydrogens is 393 g/mol. The van der Waals surface area contributed by atoms with Crippen molar-refractivity contribution in [2.45, 2.75) is 20.4 Å². The molecule has 0 spiro atoms. The molecule has 1 saturated heterocycles. The normalized spacial score (nSPS) is 15.2. The van der Waals surface area contributed by atoms with Gasteiger partial charge >= 0.3 is 0 Å². The third-order valence-electron chi connectivity index (χ3n) is 5.06. The number of aromatic nitrogens is 1. The lowest BCUT2D eigenvalue weighted by Crippen LogP contribution is -2.48. The van der Waals surface area contributed by atoms with Gasteiger partial charge in [-0.2, -0.15) is 0 Å². The minimum Gasteiger partial charge on any atom is -0.335 e. The maximum atomic E-state index is 13.1. The van der Waals surface area contributed by atoms with Crippen LogP contribution in [-0.2, 0) is 6.54 Å². The fourth-order valence-electron chi connectivity index (χ4n) is 3.28. The Morgan fingerprint density at radius 3 is 2.50 bits per heavy atom. The molecule has 0 radical (unpaired) electrons. The molecule has 0 saturated carbocycles. The van der Waals surface area contributed by atoms with Crippen molar-refractivity contribution in [3.8, 4) is 10.6 Å². The summed E-state index contributed by atoms with van der Waals surface area (Å²) in [6.07, 6.45) is 0. The van der Waals surface area contributed by atoms with Crippen LogP contribution in [0.2, 0.25) is 0 Å². The van der Waals surface area contributed by atoms with Crippen molar-refractivity contribution in [1.82, 2.24) is 14.8 Å². The highest BCUT2D eigenvalue weighted by molar-refractivity contribution is 7.14. The van der Waals surface area contributed by atoms with Crippen LogP contribution in [0.25, 0.3) is 10.6 Å². The van der Waals surface area contributed by atoms with Gasteiger partial charge < -0.3 is 4.90 Å². The Bertz CT molecular complexity index is 952. The van der Waals surface area contributed by atoms with E-state index in [1.807, 2.05) is 11.0 Å². The quantitative estimate of drug-likeness (QED) is 0.626. The molecule has 0 atom stereocenters. The number of hydrogen-bond donors (Lipinski definition) is 0. The second-order valence-electron chi connectivity index (χ2n) is 7.07. The molecule has 0 N–H and O–H groups in total. The first kappa shape index (κ1) is 19.2. The second kappa shape index (κ2) is 8.11. The molecule has 4 nitrogen and oxygen atoms in total. The Morgan fingerprint density at radius 1 is 1.14 bits per heavy atom. The maximum absolute atomic E-state index is 13.1. The highest BCUT2D eigenvalue weighted by Crippen LogP contribution is 2.25. The van der Waals surface area contributed by atoms with Crippen molar-refractivity contribution in [2.24, 2.45) is 0 Å². The lowest BCUT2D eigenvalue weighted by molar-refractivity contribution is 0.0632. The van der Waals surface area contributed by atoms with E-state index in [2.05, 4.69) is 24.1 Å². The minimum atomic E-state index is -0.235. The van der Waals surface area contributed by atoms with Crippen LogP contribution in [0.4, 0.5) is 4.39 Å². The Morgan fingerprint density at radius 2 is 1.86 bits per heavy atom. The molecular formula is C21H22FN3OS2. The van der Waals surface area contributed by atoms with Gasteiger partial charge in [-0.15, -0.1) is 22.7 Å². The summed E-state index contributed by atoms with van der Waals surface area (Å²) in [6.45, 7) is 8.05. The number of benzene rings is 1. The van der Waals surface area contributed by atoms with E-state index in [0.717, 1.165) is 53.9 Å². The van der Waals surface area contributed by atoms with Crippen molar-refractivity contribution < 1.29 is 9.18 Å². The van der Waals surface area contributed by atoms with Crippen molar-refractivity contribution in [3.63, 3.8) is 0 Å². The molecule has 4 rings (SSSR count). The SMILES string of the molecule is Cc1cc(C(=O)N2CCN(Cc3csc(-c4ccc(F)cc4)n3)CC2)sc1C. The summed E-state index contributed by atoms with van der Waals surface area (Å²) in [5.41, 5.74) is 3.15. The van der Waals surface area contributed by atoms with E-state index >= 15 is 0 Å². The predicted octanol–water partition coefficient (Wildman–Crippen LogP) is 4.59. The van der Waals surface area contributed by atoms with Crippen molar-refractivity contribution >= 4 is 28.6 Å². The van der Waals surface area contributed by atoms with Gasteiger partial charge in [-0.3, -0.25) is 9.69 Å². The average molecular weight is 416 g/mol. The van der Waals surface area contributed by atoms with Crippen LogP contribution < -0.4 is 0 Å². The van der Waals surface area contributed by atoms with Gasteiger partial charge in [0.05, 0.1) is 10.6 Å². The van der Waals surface area contributed by atoms with E-state index in [1.165, 1.54) is 22.6 Å². The predicted molar refractivity (Wildman–Crippen MR) is 112 cm³/mol. The van der Waals surface area contributed by atoms with Gasteiger partial charge in [-0.25, -0.2) is 9.37 Å². The van der Waals surface area contributed by atoms with Crippen LogP contribution >= 0.6 is 22.7 Å². The standard InChI is InChI=1S/C21H22FN3OS2/c1-14-11-19(28-15(14)2)21(26)25-9-7-24(8-10-25)12-18-13-27-20(23-18)16-3-5-17(22)6-4-16/h3-6,11,13H,7-10,12H2,1-2H3. The zero-order valence-corrected chi connectivity index (χ0v) is 17.6. The molecule has 7 heteroatoms. The van der Waals surface area contributed by atoms with E-state index in [0.29, 0.717) is 0 Å². The first-order chi connectivity index (χ1) is 13.5. The summed E-state index contributed by atoms with van der Waals surface area (Å²) in [5.74, 6) is -0.0890. The highest BCUT2D eigenvalue weighted by atomic mass is 32.1. The summed E-state index contributed by atoms with van der Waals surface area (Å²) in [6, 6.07) is 8.44. The second-order valence-corrected chi connectivity index (χ2v) is 9.18. The molecule has 0 bridgehead atoms. The molecule has 0 aliphatic carbocycles. The third kappa shape index (κ3) is 4.16. The summed E-state index contributed by atoms with van der Waals surface area (Å²) in [4.78, 5) is 23.7. The molecule has 3 heterocycles. The van der Waals surface area contributed by atoms with Gasteiger partial charge in [-0.05, 0) is 49.7 Å². The van der Waals surface area contributed by atoms with Crippen molar-refractivity contribution in [1.29, 1.82) is 0 Å². The highest BCUT2D eigenvalue weighted by Gasteiger charge is 2.24. The smallest absolute Gasteiger partial charge is 0.264 e. The van der Waals surface area contributed by atoms with Crippen LogP contribution in [0.3, 0.4) is 0 Å². The number of carbonyl (C=O) groups is 1. The average Bonchev–Trinajstić information content (AvgIpc) is 3.29. The monoisotopic (exact) mass is 415 g/mol. The molecule has 2 aromatic heterocycles. The zero-order valence-electron chi connectivity index (χ0n) is 15.9. The Balaban J connectivity index is 1.33. The molecule has 1 amide bonds. The molecule has 28 heavy (non-hydrogen) atoms. The van der Waals surface area contributed by atoms with Gasteiger partial charge in [0.2, 0.25) is 0 Å². The van der Waals surface area contributed by atoms with E-state index < -0.39 is 0 Å². The van der Waals surface area contributed by atoms with Crippen LogP contribution in [-0.4, -0.2) is 46.9 Å². The maximum Gasteiger partial charge on any atom is 0.264 e. The Labute approximate surface area is 172 Å². The number of halogens is 1. The van der Waals surface area contributed by atoms with Gasteiger partial charge in [0.1, 0.15) is 10.8 Å². The fourth-order valence-corrected chi connectivity index (χ4v) is 5.10. The number of amides is 1. The van der Waals surface area contributed by atoms with Gasteiger partial charge in [0, 0.05) is 48.5 Å². The van der Waals surface area contributed by atoms with Crippen LogP contribution in [0, 0.1) is 19.7 Å². The van der Waals surface area contributed by atoms with E-state index in [4.69, 9.17) is 4.98 Å². The number of carbonyl (C=O) groups excluding carboxylic acids is 1. The fraction of sp³-hybridized carbons (Fsp3) is 0.333. The lowest BCUT2D eigenvalue weighted by atomic mass is 10.2. The zero-order chi connectivity index (χ0) is 19.7.